The molecule has 2 heteroatoms. The Labute approximate surface area is 272 Å². The van der Waals surface area contributed by atoms with Crippen molar-refractivity contribution < 1.29 is 0 Å². The van der Waals surface area contributed by atoms with E-state index in [0.717, 1.165) is 13.0 Å². The molecule has 2 atom stereocenters. The third kappa shape index (κ3) is 12.9. The van der Waals surface area contributed by atoms with Crippen molar-refractivity contribution in [2.75, 3.05) is 0 Å². The second-order valence-electron chi connectivity index (χ2n) is 13.8. The van der Waals surface area contributed by atoms with Crippen molar-refractivity contribution in [1.82, 2.24) is 9.55 Å². The Morgan fingerprint density at radius 1 is 0.591 bits per heavy atom. The Kier molecular flexibility index (Phi) is 18.2. The summed E-state index contributed by atoms with van der Waals surface area (Å²) in [6, 6.07) is 22.5. The number of imidazole rings is 1. The molecule has 3 aromatic rings. The fourth-order valence-corrected chi connectivity index (χ4v) is 7.25. The van der Waals surface area contributed by atoms with Crippen molar-refractivity contribution in [3.8, 4) is 0 Å². The molecule has 0 bridgehead atoms. The van der Waals surface area contributed by atoms with Crippen LogP contribution < -0.4 is 0 Å². The summed E-state index contributed by atoms with van der Waals surface area (Å²) >= 11 is 0. The third-order valence-corrected chi connectivity index (χ3v) is 10.0. The summed E-state index contributed by atoms with van der Waals surface area (Å²) < 4.78 is 2.52. The summed E-state index contributed by atoms with van der Waals surface area (Å²) in [5.41, 5.74) is 2.84. The van der Waals surface area contributed by atoms with Gasteiger partial charge in [-0.25, -0.2) is 4.98 Å². The van der Waals surface area contributed by atoms with Crippen molar-refractivity contribution in [2.45, 2.75) is 173 Å². The van der Waals surface area contributed by atoms with Crippen LogP contribution in [0.2, 0.25) is 0 Å². The predicted molar refractivity (Wildman–Crippen MR) is 193 cm³/mol. The first-order valence-corrected chi connectivity index (χ1v) is 18.8. The van der Waals surface area contributed by atoms with Crippen LogP contribution in [0.3, 0.4) is 0 Å². The van der Waals surface area contributed by atoms with Gasteiger partial charge in [0.1, 0.15) is 5.82 Å². The number of hydrogen-bond donors (Lipinski definition) is 0. The smallest absolute Gasteiger partial charge is 0.112 e. The van der Waals surface area contributed by atoms with Gasteiger partial charge in [-0.05, 0) is 30.4 Å². The van der Waals surface area contributed by atoms with Crippen LogP contribution in [0.15, 0.2) is 73.1 Å². The summed E-state index contributed by atoms with van der Waals surface area (Å²) in [4.78, 5) is 5.13. The maximum absolute atomic E-state index is 5.13. The minimum Gasteiger partial charge on any atom is -0.335 e. The molecule has 0 saturated heterocycles. The van der Waals surface area contributed by atoms with E-state index < -0.39 is 0 Å². The Morgan fingerprint density at radius 3 is 1.61 bits per heavy atom. The first kappa shape index (κ1) is 36.1. The second kappa shape index (κ2) is 22.2. The Hall–Kier alpha value is -2.35. The number of nitrogens with zero attached hydrogens (tertiary/aromatic N) is 2. The van der Waals surface area contributed by atoms with E-state index in [9.17, 15) is 0 Å². The van der Waals surface area contributed by atoms with Crippen LogP contribution in [0.5, 0.6) is 0 Å². The second-order valence-corrected chi connectivity index (χ2v) is 13.8. The monoisotopic (exact) mass is 599 g/mol. The molecule has 0 aliphatic rings. The van der Waals surface area contributed by atoms with Crippen LogP contribution in [0.1, 0.15) is 172 Å². The number of aryl methyl sites for hydroxylation is 1. The van der Waals surface area contributed by atoms with Gasteiger partial charge in [0.2, 0.25) is 0 Å². The summed E-state index contributed by atoms with van der Waals surface area (Å²) in [6.45, 7) is 8.22. The summed E-state index contributed by atoms with van der Waals surface area (Å²) in [7, 11) is 0. The molecule has 2 unspecified atom stereocenters. The zero-order chi connectivity index (χ0) is 31.1. The van der Waals surface area contributed by atoms with Gasteiger partial charge in [-0.1, -0.05) is 197 Å². The molecule has 0 fully saturated rings. The van der Waals surface area contributed by atoms with Gasteiger partial charge < -0.3 is 4.57 Å². The van der Waals surface area contributed by atoms with Gasteiger partial charge in [0.25, 0.3) is 0 Å². The highest BCUT2D eigenvalue weighted by molar-refractivity contribution is 5.33. The van der Waals surface area contributed by atoms with Gasteiger partial charge in [-0.2, -0.15) is 0 Å². The lowest BCUT2D eigenvalue weighted by atomic mass is 9.66. The SMILES string of the molecule is CCCCCCCCCCCCCCC(c1nccn1CCCCCCCCC)C(C)(Cc1ccccc1)c1ccccc1. The van der Waals surface area contributed by atoms with Gasteiger partial charge in [0, 0.05) is 30.3 Å². The van der Waals surface area contributed by atoms with Crippen LogP contribution in [-0.2, 0) is 18.4 Å². The average Bonchev–Trinajstić information content (AvgIpc) is 3.51. The molecule has 0 radical (unpaired) electrons. The fourth-order valence-electron chi connectivity index (χ4n) is 7.25. The van der Waals surface area contributed by atoms with Crippen molar-refractivity contribution in [2.24, 2.45) is 0 Å². The number of unbranched alkanes of at least 4 members (excludes halogenated alkanes) is 17. The van der Waals surface area contributed by atoms with Gasteiger partial charge in [-0.15, -0.1) is 0 Å². The lowest BCUT2D eigenvalue weighted by molar-refractivity contribution is 0.321. The topological polar surface area (TPSA) is 17.8 Å². The summed E-state index contributed by atoms with van der Waals surface area (Å²) in [5.74, 6) is 1.69. The molecule has 244 valence electrons. The molecule has 0 aliphatic heterocycles. The number of aromatic nitrogens is 2. The van der Waals surface area contributed by atoms with Crippen molar-refractivity contribution >= 4 is 0 Å². The van der Waals surface area contributed by atoms with E-state index in [2.05, 4.69) is 98.4 Å². The van der Waals surface area contributed by atoms with Gasteiger partial charge in [0.15, 0.2) is 0 Å². The van der Waals surface area contributed by atoms with E-state index in [1.807, 2.05) is 0 Å². The molecule has 3 rings (SSSR count). The molecule has 0 N–H and O–H groups in total. The van der Waals surface area contributed by atoms with E-state index in [-0.39, 0.29) is 5.41 Å². The number of benzene rings is 2. The van der Waals surface area contributed by atoms with Gasteiger partial charge in [0.05, 0.1) is 0 Å². The first-order chi connectivity index (χ1) is 21.7. The zero-order valence-electron chi connectivity index (χ0n) is 29.0. The molecule has 0 spiro atoms. The minimum absolute atomic E-state index is 0.0242. The van der Waals surface area contributed by atoms with E-state index >= 15 is 0 Å². The molecule has 44 heavy (non-hydrogen) atoms. The highest BCUT2D eigenvalue weighted by Crippen LogP contribution is 2.44. The zero-order valence-corrected chi connectivity index (χ0v) is 29.0. The average molecular weight is 599 g/mol. The third-order valence-electron chi connectivity index (χ3n) is 10.0. The van der Waals surface area contributed by atoms with Crippen LogP contribution in [0.4, 0.5) is 0 Å². The largest absolute Gasteiger partial charge is 0.335 e. The van der Waals surface area contributed by atoms with Crippen LogP contribution in [0, 0.1) is 0 Å². The van der Waals surface area contributed by atoms with Crippen LogP contribution in [0.25, 0.3) is 0 Å². The number of rotatable bonds is 26. The van der Waals surface area contributed by atoms with Crippen LogP contribution in [-0.4, -0.2) is 9.55 Å². The minimum atomic E-state index is -0.0242. The highest BCUT2D eigenvalue weighted by Gasteiger charge is 2.39. The molecule has 2 nitrogen and oxygen atoms in total. The van der Waals surface area contributed by atoms with Crippen LogP contribution >= 0.6 is 0 Å². The maximum atomic E-state index is 5.13. The predicted octanol–water partition coefficient (Wildman–Crippen LogP) is 13.0. The molecular weight excluding hydrogens is 532 g/mol. The maximum Gasteiger partial charge on any atom is 0.112 e. The van der Waals surface area contributed by atoms with Crippen molar-refractivity contribution in [3.63, 3.8) is 0 Å². The van der Waals surface area contributed by atoms with E-state index in [1.54, 1.807) is 0 Å². The Morgan fingerprint density at radius 2 is 1.07 bits per heavy atom. The van der Waals surface area contributed by atoms with Gasteiger partial charge >= 0.3 is 0 Å². The van der Waals surface area contributed by atoms with Crippen molar-refractivity contribution in [3.05, 3.63) is 90.0 Å². The molecular formula is C42H66N2. The Balaban J connectivity index is 1.66. The number of hydrogen-bond acceptors (Lipinski definition) is 1. The molecule has 2 aromatic carbocycles. The molecule has 1 aromatic heterocycles. The molecule has 0 amide bonds. The summed E-state index contributed by atoms with van der Waals surface area (Å²) in [5, 5.41) is 0. The molecule has 0 aliphatic carbocycles. The first-order valence-electron chi connectivity index (χ1n) is 18.8. The molecule has 0 saturated carbocycles. The lowest BCUT2D eigenvalue weighted by Gasteiger charge is -2.39. The van der Waals surface area contributed by atoms with E-state index in [4.69, 9.17) is 4.98 Å². The van der Waals surface area contributed by atoms with E-state index in [0.29, 0.717) is 5.92 Å². The highest BCUT2D eigenvalue weighted by atomic mass is 15.1. The standard InChI is InChI=1S/C42H66N2/c1-4-6-8-10-12-13-14-15-16-17-19-27-33-40(41-43-34-36-44(41)35-28-20-18-11-9-7-5-2)42(3,39-31-25-22-26-32-39)37-38-29-23-21-24-30-38/h21-26,29-32,34,36,40H,4-20,27-28,33,35,37H2,1-3H3. The quantitative estimate of drug-likeness (QED) is 0.0840. The van der Waals surface area contributed by atoms with E-state index in [1.165, 1.54) is 145 Å². The Bertz CT molecular complexity index is 1070. The summed E-state index contributed by atoms with van der Waals surface area (Å²) in [6.07, 6.45) is 32.7. The fraction of sp³-hybridized carbons (Fsp3) is 0.643. The normalized spacial score (nSPS) is 13.6. The van der Waals surface area contributed by atoms with Gasteiger partial charge in [-0.3, -0.25) is 0 Å². The molecule has 1 heterocycles. The lowest BCUT2D eigenvalue weighted by Crippen LogP contribution is -2.35. The van der Waals surface area contributed by atoms with Crippen molar-refractivity contribution in [1.29, 1.82) is 0 Å².